The third kappa shape index (κ3) is 2.45. The van der Waals surface area contributed by atoms with Crippen molar-refractivity contribution in [2.75, 3.05) is 5.32 Å². The van der Waals surface area contributed by atoms with E-state index >= 15 is 0 Å². The Balaban J connectivity index is 1.67. The van der Waals surface area contributed by atoms with Gasteiger partial charge in [-0.05, 0) is 30.3 Å². The topological polar surface area (TPSA) is 42.2 Å². The van der Waals surface area contributed by atoms with Gasteiger partial charge in [0.05, 0.1) is 11.9 Å². The summed E-state index contributed by atoms with van der Waals surface area (Å²) in [7, 11) is 0. The number of thiazole rings is 1. The van der Waals surface area contributed by atoms with Gasteiger partial charge in [0.2, 0.25) is 0 Å². The third-order valence-corrected chi connectivity index (χ3v) is 4.25. The summed E-state index contributed by atoms with van der Waals surface area (Å²) in [5.41, 5.74) is 3.71. The molecule has 4 nitrogen and oxygen atoms in total. The number of fused-ring (bicyclic) bond motifs is 1. The van der Waals surface area contributed by atoms with Gasteiger partial charge in [0.15, 0.2) is 5.13 Å². The Labute approximate surface area is 136 Å². The van der Waals surface area contributed by atoms with Gasteiger partial charge in [0.1, 0.15) is 11.3 Å². The molecule has 0 bridgehead atoms. The molecule has 4 rings (SSSR count). The monoisotopic (exact) mass is 326 g/mol. The van der Waals surface area contributed by atoms with Gasteiger partial charge in [0.25, 0.3) is 0 Å². The van der Waals surface area contributed by atoms with E-state index < -0.39 is 0 Å². The number of hydrogen-bond acceptors (Lipinski definition) is 4. The minimum atomic E-state index is 0.698. The average Bonchev–Trinajstić information content (AvgIpc) is 3.13. The highest BCUT2D eigenvalue weighted by molar-refractivity contribution is 7.14. The van der Waals surface area contributed by atoms with Crippen molar-refractivity contribution in [2.24, 2.45) is 0 Å². The molecule has 3 heterocycles. The lowest BCUT2D eigenvalue weighted by Crippen LogP contribution is -1.90. The van der Waals surface area contributed by atoms with Crippen molar-refractivity contribution in [3.8, 4) is 11.4 Å². The molecule has 0 amide bonds. The van der Waals surface area contributed by atoms with Crippen LogP contribution in [0.3, 0.4) is 0 Å². The van der Waals surface area contributed by atoms with Crippen LogP contribution in [0.25, 0.3) is 17.0 Å². The Morgan fingerprint density at radius 2 is 2.09 bits per heavy atom. The molecule has 0 spiro atoms. The molecule has 0 unspecified atom stereocenters. The zero-order valence-electron chi connectivity index (χ0n) is 11.4. The number of halogens is 1. The van der Waals surface area contributed by atoms with Crippen molar-refractivity contribution >= 4 is 39.4 Å². The van der Waals surface area contributed by atoms with Crippen LogP contribution in [0.2, 0.25) is 5.02 Å². The molecule has 0 atom stereocenters. The summed E-state index contributed by atoms with van der Waals surface area (Å²) < 4.78 is 2.03. The molecule has 0 radical (unpaired) electrons. The third-order valence-electron chi connectivity index (χ3n) is 3.26. The minimum absolute atomic E-state index is 0.698. The molecule has 3 aromatic heterocycles. The summed E-state index contributed by atoms with van der Waals surface area (Å²) in [4.78, 5) is 9.02. The highest BCUT2D eigenvalue weighted by Gasteiger charge is 2.09. The number of anilines is 2. The van der Waals surface area contributed by atoms with Crippen LogP contribution in [0.4, 0.5) is 10.8 Å². The number of rotatable bonds is 3. The predicted molar refractivity (Wildman–Crippen MR) is 91.0 cm³/mol. The average molecular weight is 327 g/mol. The van der Waals surface area contributed by atoms with E-state index in [-0.39, 0.29) is 0 Å². The van der Waals surface area contributed by atoms with Crippen LogP contribution in [-0.2, 0) is 0 Å². The number of nitrogens with zero attached hydrogens (tertiary/aromatic N) is 3. The van der Waals surface area contributed by atoms with Crippen molar-refractivity contribution < 1.29 is 0 Å². The van der Waals surface area contributed by atoms with Crippen LogP contribution >= 0.6 is 22.9 Å². The predicted octanol–water partition coefficient (Wildman–Crippen LogP) is 4.85. The maximum atomic E-state index is 5.99. The lowest BCUT2D eigenvalue weighted by Gasteiger charge is -2.02. The van der Waals surface area contributed by atoms with Crippen LogP contribution in [0.1, 0.15) is 0 Å². The number of pyridine rings is 1. The molecule has 6 heteroatoms. The molecule has 1 N–H and O–H groups in total. The van der Waals surface area contributed by atoms with Gasteiger partial charge in [-0.1, -0.05) is 23.7 Å². The molecule has 4 aromatic rings. The molecule has 0 saturated heterocycles. The standard InChI is InChI=1S/C16H11ClN4S/c17-11-4-3-5-12(8-11)19-16-20-13(10-22-16)14-9-18-15-6-1-2-7-21(14)15/h1-10H,(H,19,20). The van der Waals surface area contributed by atoms with Gasteiger partial charge in [-0.3, -0.25) is 4.40 Å². The maximum absolute atomic E-state index is 5.99. The SMILES string of the molecule is Clc1cccc(Nc2nc(-c3cnc4ccccn34)cs2)c1. The van der Waals surface area contributed by atoms with Crippen molar-refractivity contribution in [3.63, 3.8) is 0 Å². The summed E-state index contributed by atoms with van der Waals surface area (Å²) in [5, 5.41) is 6.81. The first-order valence-corrected chi connectivity index (χ1v) is 7.96. The second-order valence-corrected chi connectivity index (χ2v) is 6.04. The van der Waals surface area contributed by atoms with E-state index in [0.29, 0.717) is 5.02 Å². The first-order valence-electron chi connectivity index (χ1n) is 6.70. The fourth-order valence-electron chi connectivity index (χ4n) is 2.26. The van der Waals surface area contributed by atoms with Crippen molar-refractivity contribution in [1.82, 2.24) is 14.4 Å². The van der Waals surface area contributed by atoms with Crippen molar-refractivity contribution in [3.05, 3.63) is 65.3 Å². The van der Waals surface area contributed by atoms with Crippen LogP contribution < -0.4 is 5.32 Å². The van der Waals surface area contributed by atoms with E-state index in [1.165, 1.54) is 0 Å². The molecule has 108 valence electrons. The number of nitrogens with one attached hydrogen (secondary N) is 1. The van der Waals surface area contributed by atoms with E-state index in [4.69, 9.17) is 11.6 Å². The second-order valence-electron chi connectivity index (χ2n) is 4.75. The fourth-order valence-corrected chi connectivity index (χ4v) is 3.18. The highest BCUT2D eigenvalue weighted by Crippen LogP contribution is 2.28. The van der Waals surface area contributed by atoms with Crippen molar-refractivity contribution in [2.45, 2.75) is 0 Å². The molecule has 0 aliphatic carbocycles. The first-order chi connectivity index (χ1) is 10.8. The summed E-state index contributed by atoms with van der Waals surface area (Å²) in [6.07, 6.45) is 3.83. The lowest BCUT2D eigenvalue weighted by molar-refractivity contribution is 1.18. The molecule has 0 aliphatic rings. The Morgan fingerprint density at radius 1 is 1.14 bits per heavy atom. The normalized spacial score (nSPS) is 11.0. The minimum Gasteiger partial charge on any atom is -0.331 e. The van der Waals surface area contributed by atoms with Crippen LogP contribution in [0.15, 0.2) is 60.2 Å². The zero-order chi connectivity index (χ0) is 14.9. The van der Waals surface area contributed by atoms with Gasteiger partial charge >= 0.3 is 0 Å². The summed E-state index contributed by atoms with van der Waals surface area (Å²) >= 11 is 7.54. The Bertz CT molecular complexity index is 944. The fraction of sp³-hybridized carbons (Fsp3) is 0. The van der Waals surface area contributed by atoms with E-state index in [9.17, 15) is 0 Å². The van der Waals surface area contributed by atoms with Gasteiger partial charge in [-0.2, -0.15) is 0 Å². The van der Waals surface area contributed by atoms with E-state index in [1.807, 2.05) is 64.6 Å². The highest BCUT2D eigenvalue weighted by atomic mass is 35.5. The number of aromatic nitrogens is 3. The van der Waals surface area contributed by atoms with Gasteiger partial charge in [-0.15, -0.1) is 11.3 Å². The number of hydrogen-bond donors (Lipinski definition) is 1. The second kappa shape index (κ2) is 5.44. The van der Waals surface area contributed by atoms with E-state index in [2.05, 4.69) is 15.3 Å². The first kappa shape index (κ1) is 13.3. The largest absolute Gasteiger partial charge is 0.331 e. The summed E-state index contributed by atoms with van der Waals surface area (Å²) in [5.74, 6) is 0. The lowest BCUT2D eigenvalue weighted by atomic mass is 10.3. The molecule has 0 aliphatic heterocycles. The van der Waals surface area contributed by atoms with Gasteiger partial charge < -0.3 is 5.32 Å². The maximum Gasteiger partial charge on any atom is 0.187 e. The molecule has 1 aromatic carbocycles. The molecule has 0 saturated carbocycles. The molecular formula is C16H11ClN4S. The quantitative estimate of drug-likeness (QED) is 0.585. The van der Waals surface area contributed by atoms with Crippen LogP contribution in [0.5, 0.6) is 0 Å². The number of benzene rings is 1. The summed E-state index contributed by atoms with van der Waals surface area (Å²) in [6, 6.07) is 13.5. The molecule has 0 fully saturated rings. The van der Waals surface area contributed by atoms with Gasteiger partial charge in [-0.25, -0.2) is 9.97 Å². The van der Waals surface area contributed by atoms with Crippen molar-refractivity contribution in [1.29, 1.82) is 0 Å². The van der Waals surface area contributed by atoms with E-state index in [1.54, 1.807) is 11.3 Å². The molecule has 22 heavy (non-hydrogen) atoms. The van der Waals surface area contributed by atoms with E-state index in [0.717, 1.165) is 27.9 Å². The zero-order valence-corrected chi connectivity index (χ0v) is 13.0. The van der Waals surface area contributed by atoms with Crippen LogP contribution in [0, 0.1) is 0 Å². The van der Waals surface area contributed by atoms with Gasteiger partial charge in [0, 0.05) is 22.3 Å². The summed E-state index contributed by atoms with van der Waals surface area (Å²) in [6.45, 7) is 0. The number of imidazole rings is 1. The van der Waals surface area contributed by atoms with Crippen LogP contribution in [-0.4, -0.2) is 14.4 Å². The Kier molecular flexibility index (Phi) is 3.29. The molecular weight excluding hydrogens is 316 g/mol. The Morgan fingerprint density at radius 3 is 3.00 bits per heavy atom. The Hall–Kier alpha value is -2.37. The smallest absolute Gasteiger partial charge is 0.187 e.